The number of hydrogen-bond acceptors (Lipinski definition) is 2. The lowest BCUT2D eigenvalue weighted by Gasteiger charge is -2.18. The van der Waals surface area contributed by atoms with Crippen LogP contribution in [-0.2, 0) is 7.05 Å². The predicted octanol–water partition coefficient (Wildman–Crippen LogP) is 10.6. The van der Waals surface area contributed by atoms with E-state index < -0.39 is 0 Å². The third kappa shape index (κ3) is 3.63. The van der Waals surface area contributed by atoms with Gasteiger partial charge in [-0.2, -0.15) is 0 Å². The van der Waals surface area contributed by atoms with Gasteiger partial charge in [0.05, 0.1) is 16.7 Å². The highest BCUT2D eigenvalue weighted by Gasteiger charge is 2.20. The fourth-order valence-electron chi connectivity index (χ4n) is 7.05. The maximum atomic E-state index is 5.32. The van der Waals surface area contributed by atoms with Crippen LogP contribution in [0.25, 0.3) is 88.0 Å². The van der Waals surface area contributed by atoms with Crippen LogP contribution >= 0.6 is 0 Å². The molecule has 0 fully saturated rings. The molecule has 0 aliphatic heterocycles. The smallest absolute Gasteiger partial charge is 0.159 e. The molecule has 0 N–H and O–H groups in total. The summed E-state index contributed by atoms with van der Waals surface area (Å²) >= 11 is 0. The summed E-state index contributed by atoms with van der Waals surface area (Å²) < 4.78 is 2.18. The molecule has 0 saturated heterocycles. The second-order valence-electron chi connectivity index (χ2n) is 11.4. The summed E-state index contributed by atoms with van der Waals surface area (Å²) in [5.41, 5.74) is 7.55. The number of fused-ring (bicyclic) bond motifs is 6. The Kier molecular flexibility index (Phi) is 5.41. The van der Waals surface area contributed by atoms with Gasteiger partial charge in [0.1, 0.15) is 5.69 Å². The van der Waals surface area contributed by atoms with Gasteiger partial charge in [-0.1, -0.05) is 127 Å². The summed E-state index contributed by atoms with van der Waals surface area (Å²) in [6.45, 7) is 0. The maximum Gasteiger partial charge on any atom is 0.159 e. The summed E-state index contributed by atoms with van der Waals surface area (Å²) in [7, 11) is 2.09. The third-order valence-corrected chi connectivity index (χ3v) is 8.98. The predicted molar refractivity (Wildman–Crippen MR) is 185 cm³/mol. The zero-order valence-corrected chi connectivity index (χ0v) is 24.2. The lowest BCUT2D eigenvalue weighted by molar-refractivity contribution is 0.954. The van der Waals surface area contributed by atoms with Crippen molar-refractivity contribution in [2.75, 3.05) is 0 Å². The highest BCUT2D eigenvalue weighted by molar-refractivity contribution is 6.23. The van der Waals surface area contributed by atoms with E-state index in [0.29, 0.717) is 0 Å². The molecule has 0 radical (unpaired) electrons. The molecule has 44 heavy (non-hydrogen) atoms. The van der Waals surface area contributed by atoms with E-state index in [9.17, 15) is 0 Å². The van der Waals surface area contributed by atoms with Gasteiger partial charge in [0.2, 0.25) is 0 Å². The van der Waals surface area contributed by atoms with Crippen molar-refractivity contribution in [2.24, 2.45) is 7.05 Å². The van der Waals surface area contributed by atoms with E-state index in [1.54, 1.807) is 0 Å². The Morgan fingerprint density at radius 1 is 0.409 bits per heavy atom. The molecule has 3 nitrogen and oxygen atoms in total. The molecule has 0 aliphatic carbocycles. The van der Waals surface area contributed by atoms with Gasteiger partial charge in [0, 0.05) is 18.0 Å². The number of imidazole rings is 1. The Balaban J connectivity index is 1.32. The summed E-state index contributed by atoms with van der Waals surface area (Å²) in [4.78, 5) is 10.4. The zero-order valence-electron chi connectivity index (χ0n) is 24.2. The molecule has 2 aromatic heterocycles. The first kappa shape index (κ1) is 24.8. The molecule has 206 valence electrons. The number of aryl methyl sites for hydroxylation is 1. The van der Waals surface area contributed by atoms with Crippen LogP contribution in [0, 0.1) is 0 Å². The summed E-state index contributed by atoms with van der Waals surface area (Å²) in [5, 5.41) is 9.73. The summed E-state index contributed by atoms with van der Waals surface area (Å²) in [5.74, 6) is 0.860. The van der Waals surface area contributed by atoms with Crippen LogP contribution in [0.1, 0.15) is 0 Å². The first-order valence-corrected chi connectivity index (χ1v) is 15.0. The van der Waals surface area contributed by atoms with E-state index in [2.05, 4.69) is 157 Å². The fourth-order valence-corrected chi connectivity index (χ4v) is 7.05. The average molecular weight is 562 g/mol. The molecule has 0 aliphatic rings. The normalized spacial score (nSPS) is 11.8. The molecular formula is C41H27N3. The highest BCUT2D eigenvalue weighted by Crippen LogP contribution is 2.45. The van der Waals surface area contributed by atoms with Crippen LogP contribution in [-0.4, -0.2) is 14.5 Å². The summed E-state index contributed by atoms with van der Waals surface area (Å²) in [6, 6.07) is 51.9. The second kappa shape index (κ2) is 9.62. The lowest BCUT2D eigenvalue weighted by atomic mass is 9.86. The van der Waals surface area contributed by atoms with Crippen molar-refractivity contribution in [1.29, 1.82) is 0 Å². The number of nitrogens with zero attached hydrogens (tertiary/aromatic N) is 3. The Hall–Kier alpha value is -5.80. The molecule has 7 aromatic carbocycles. The van der Waals surface area contributed by atoms with Crippen LogP contribution in [0.15, 0.2) is 146 Å². The molecular weight excluding hydrogens is 534 g/mol. The molecule has 0 spiro atoms. The fraction of sp³-hybridized carbons (Fsp3) is 0.0244. The maximum absolute atomic E-state index is 5.32. The minimum atomic E-state index is 0.858. The first-order chi connectivity index (χ1) is 21.8. The molecule has 0 bridgehead atoms. The van der Waals surface area contributed by atoms with E-state index in [1.165, 1.54) is 54.2 Å². The van der Waals surface area contributed by atoms with Gasteiger partial charge in [0.15, 0.2) is 5.82 Å². The topological polar surface area (TPSA) is 30.7 Å². The molecule has 0 saturated carbocycles. The van der Waals surface area contributed by atoms with Gasteiger partial charge in [-0.3, -0.25) is 0 Å². The van der Waals surface area contributed by atoms with Crippen molar-refractivity contribution >= 4 is 54.1 Å². The molecule has 0 amide bonds. The lowest BCUT2D eigenvalue weighted by Crippen LogP contribution is -1.97. The Morgan fingerprint density at radius 3 is 1.64 bits per heavy atom. The molecule has 3 heteroatoms. The van der Waals surface area contributed by atoms with Crippen molar-refractivity contribution in [3.05, 3.63) is 146 Å². The standard InChI is InChI=1S/C41H27N3/c1-44-40-29-16-5-3-13-27(29)24-25-36(40)43-41(44)37-23-11-22-35(42-37)39-33-19-8-6-17-31(33)38(32-18-7-9-20-34(32)39)30-21-10-14-26-12-2-4-15-28(26)30/h2-25H,1H3. The van der Waals surface area contributed by atoms with Crippen molar-refractivity contribution < 1.29 is 0 Å². The van der Waals surface area contributed by atoms with Gasteiger partial charge >= 0.3 is 0 Å². The van der Waals surface area contributed by atoms with Gasteiger partial charge in [-0.25, -0.2) is 9.97 Å². The minimum Gasteiger partial charge on any atom is -0.325 e. The Bertz CT molecular complexity index is 2510. The van der Waals surface area contributed by atoms with E-state index in [1.807, 2.05) is 0 Å². The quantitative estimate of drug-likeness (QED) is 0.201. The molecule has 9 aromatic rings. The van der Waals surface area contributed by atoms with Crippen molar-refractivity contribution in [2.45, 2.75) is 0 Å². The van der Waals surface area contributed by atoms with E-state index in [-0.39, 0.29) is 0 Å². The first-order valence-electron chi connectivity index (χ1n) is 15.0. The van der Waals surface area contributed by atoms with Gasteiger partial charge in [-0.15, -0.1) is 0 Å². The zero-order chi connectivity index (χ0) is 29.2. The minimum absolute atomic E-state index is 0.858. The number of pyridine rings is 1. The number of rotatable bonds is 3. The van der Waals surface area contributed by atoms with Crippen LogP contribution in [0.5, 0.6) is 0 Å². The van der Waals surface area contributed by atoms with Crippen LogP contribution in [0.3, 0.4) is 0 Å². The SMILES string of the molecule is Cn1c(-c2cccc(-c3c4ccccc4c(-c4cccc5ccccc45)c4ccccc34)n2)nc2ccc3ccccc3c21. The van der Waals surface area contributed by atoms with Crippen LogP contribution in [0.4, 0.5) is 0 Å². The monoisotopic (exact) mass is 561 g/mol. The van der Waals surface area contributed by atoms with E-state index in [0.717, 1.165) is 33.8 Å². The van der Waals surface area contributed by atoms with Gasteiger partial charge < -0.3 is 4.57 Å². The second-order valence-corrected chi connectivity index (χ2v) is 11.4. The largest absolute Gasteiger partial charge is 0.325 e. The molecule has 2 heterocycles. The number of benzene rings is 7. The highest BCUT2D eigenvalue weighted by atomic mass is 15.1. The number of aromatic nitrogens is 3. The van der Waals surface area contributed by atoms with E-state index in [4.69, 9.17) is 9.97 Å². The van der Waals surface area contributed by atoms with Gasteiger partial charge in [0.25, 0.3) is 0 Å². The Labute approximate surface area is 254 Å². The third-order valence-electron chi connectivity index (χ3n) is 8.98. The van der Waals surface area contributed by atoms with E-state index >= 15 is 0 Å². The van der Waals surface area contributed by atoms with Crippen LogP contribution in [0.2, 0.25) is 0 Å². The number of hydrogen-bond donors (Lipinski definition) is 0. The molecule has 0 unspecified atom stereocenters. The van der Waals surface area contributed by atoms with Crippen molar-refractivity contribution in [1.82, 2.24) is 14.5 Å². The van der Waals surface area contributed by atoms with Crippen molar-refractivity contribution in [3.8, 4) is 33.9 Å². The van der Waals surface area contributed by atoms with Crippen LogP contribution < -0.4 is 0 Å². The average Bonchev–Trinajstić information content (AvgIpc) is 3.43. The molecule has 0 atom stereocenters. The van der Waals surface area contributed by atoms with Gasteiger partial charge in [-0.05, 0) is 67.0 Å². The molecule has 9 rings (SSSR count). The summed E-state index contributed by atoms with van der Waals surface area (Å²) in [6.07, 6.45) is 0. The Morgan fingerprint density at radius 2 is 0.932 bits per heavy atom. The van der Waals surface area contributed by atoms with Crippen molar-refractivity contribution in [3.63, 3.8) is 0 Å².